The fourth-order valence-electron chi connectivity index (χ4n) is 4.16. The fraction of sp³-hybridized carbons (Fsp3) is 0.667. The molecule has 0 aromatic heterocycles. The minimum Gasteiger partial charge on any atom is -0.375 e. The van der Waals surface area contributed by atoms with Crippen molar-refractivity contribution >= 4 is 0 Å². The zero-order valence-corrected chi connectivity index (χ0v) is 13.4. The Kier molecular flexibility index (Phi) is 4.08. The number of hydrogen-bond acceptors (Lipinski definition) is 3. The van der Waals surface area contributed by atoms with Gasteiger partial charge in [-0.2, -0.15) is 0 Å². The third-order valence-electron chi connectivity index (χ3n) is 5.29. The van der Waals surface area contributed by atoms with Crippen molar-refractivity contribution < 1.29 is 4.74 Å². The van der Waals surface area contributed by atoms with Crippen LogP contribution in [0.25, 0.3) is 0 Å². The van der Waals surface area contributed by atoms with Crippen molar-refractivity contribution in [3.63, 3.8) is 0 Å². The third kappa shape index (κ3) is 3.01. The molecule has 3 heteroatoms. The fourth-order valence-corrected chi connectivity index (χ4v) is 4.16. The molecule has 2 aliphatic rings. The average molecular weight is 288 g/mol. The van der Waals surface area contributed by atoms with Gasteiger partial charge in [0, 0.05) is 31.8 Å². The smallest absolute Gasteiger partial charge is 0.0644 e. The van der Waals surface area contributed by atoms with Crippen LogP contribution >= 0.6 is 0 Å². The Morgan fingerprint density at radius 1 is 1.14 bits per heavy atom. The van der Waals surface area contributed by atoms with Gasteiger partial charge >= 0.3 is 0 Å². The average Bonchev–Trinajstić information content (AvgIpc) is 2.69. The zero-order chi connectivity index (χ0) is 14.9. The molecule has 2 aliphatic heterocycles. The van der Waals surface area contributed by atoms with E-state index in [1.54, 1.807) is 0 Å². The summed E-state index contributed by atoms with van der Waals surface area (Å²) in [5.41, 5.74) is 9.33. The van der Waals surface area contributed by atoms with Gasteiger partial charge in [0.15, 0.2) is 0 Å². The Morgan fingerprint density at radius 2 is 1.76 bits per heavy atom. The first-order valence-corrected chi connectivity index (χ1v) is 8.21. The van der Waals surface area contributed by atoms with Crippen LogP contribution in [0.3, 0.4) is 0 Å². The van der Waals surface area contributed by atoms with Crippen LogP contribution in [-0.2, 0) is 17.6 Å². The lowest BCUT2D eigenvalue weighted by Gasteiger charge is -2.50. The first-order chi connectivity index (χ1) is 10.0. The number of fused-ring (bicyclic) bond motifs is 1. The van der Waals surface area contributed by atoms with E-state index >= 15 is 0 Å². The molecule has 1 fully saturated rings. The summed E-state index contributed by atoms with van der Waals surface area (Å²) in [5, 5.41) is 0. The Balaban J connectivity index is 1.80. The number of rotatable bonds is 2. The molecule has 1 aromatic rings. The summed E-state index contributed by atoms with van der Waals surface area (Å²) in [4.78, 5) is 2.65. The van der Waals surface area contributed by atoms with Crippen LogP contribution in [0.5, 0.6) is 0 Å². The van der Waals surface area contributed by atoms with Gasteiger partial charge in [-0.25, -0.2) is 0 Å². The van der Waals surface area contributed by atoms with E-state index in [4.69, 9.17) is 10.5 Å². The third-order valence-corrected chi connectivity index (χ3v) is 5.29. The molecule has 2 heterocycles. The molecular formula is C18H28N2O. The van der Waals surface area contributed by atoms with Crippen molar-refractivity contribution in [2.24, 2.45) is 5.73 Å². The van der Waals surface area contributed by atoms with Crippen molar-refractivity contribution in [3.8, 4) is 0 Å². The van der Waals surface area contributed by atoms with Gasteiger partial charge in [0.05, 0.1) is 5.60 Å². The lowest BCUT2D eigenvalue weighted by atomic mass is 9.79. The molecule has 0 aliphatic carbocycles. The van der Waals surface area contributed by atoms with E-state index < -0.39 is 0 Å². The molecule has 0 amide bonds. The number of hydrogen-bond donors (Lipinski definition) is 1. The Morgan fingerprint density at radius 3 is 2.29 bits per heavy atom. The molecule has 21 heavy (non-hydrogen) atoms. The Hall–Kier alpha value is -0.900. The molecule has 0 bridgehead atoms. The predicted molar refractivity (Wildman–Crippen MR) is 86.5 cm³/mol. The van der Waals surface area contributed by atoms with Gasteiger partial charge < -0.3 is 10.5 Å². The maximum Gasteiger partial charge on any atom is 0.0644 e. The van der Waals surface area contributed by atoms with Gasteiger partial charge in [-0.05, 0) is 50.7 Å². The summed E-state index contributed by atoms with van der Waals surface area (Å²) in [6.45, 7) is 8.19. The molecule has 116 valence electrons. The van der Waals surface area contributed by atoms with Crippen LogP contribution in [0, 0.1) is 0 Å². The molecular weight excluding hydrogens is 260 g/mol. The predicted octanol–water partition coefficient (Wildman–Crippen LogP) is 2.37. The topological polar surface area (TPSA) is 38.5 Å². The molecule has 0 radical (unpaired) electrons. The standard InChI is InChI=1S/C18H28N2O/c1-17(2)13-18(14-19,9-12-21-17)20-10-7-15-5-3-4-6-16(15)8-11-20/h3-6H,7-14,19H2,1-2H3. The molecule has 1 aromatic carbocycles. The van der Waals surface area contributed by atoms with Gasteiger partial charge in [0.1, 0.15) is 0 Å². The highest BCUT2D eigenvalue weighted by atomic mass is 16.5. The maximum atomic E-state index is 6.25. The van der Waals surface area contributed by atoms with Crippen LogP contribution in [0.2, 0.25) is 0 Å². The monoisotopic (exact) mass is 288 g/mol. The normalized spacial score (nSPS) is 29.7. The minimum atomic E-state index is -0.0588. The summed E-state index contributed by atoms with van der Waals surface area (Å²) >= 11 is 0. The molecule has 3 nitrogen and oxygen atoms in total. The van der Waals surface area contributed by atoms with Gasteiger partial charge in [0.2, 0.25) is 0 Å². The number of nitrogens with zero attached hydrogens (tertiary/aromatic N) is 1. The first kappa shape index (κ1) is 15.0. The molecule has 0 saturated carbocycles. The van der Waals surface area contributed by atoms with E-state index in [0.717, 1.165) is 51.9 Å². The van der Waals surface area contributed by atoms with Crippen LogP contribution < -0.4 is 5.73 Å². The highest BCUT2D eigenvalue weighted by Gasteiger charge is 2.44. The van der Waals surface area contributed by atoms with Gasteiger partial charge in [-0.15, -0.1) is 0 Å². The van der Waals surface area contributed by atoms with Crippen LogP contribution in [0.4, 0.5) is 0 Å². The molecule has 1 unspecified atom stereocenters. The van der Waals surface area contributed by atoms with Gasteiger partial charge in [-0.1, -0.05) is 24.3 Å². The highest BCUT2D eigenvalue weighted by molar-refractivity contribution is 5.29. The molecule has 1 saturated heterocycles. The van der Waals surface area contributed by atoms with Crippen molar-refractivity contribution in [1.82, 2.24) is 4.90 Å². The SMILES string of the molecule is CC1(C)CC(CN)(N2CCc3ccccc3CC2)CCO1. The maximum absolute atomic E-state index is 6.25. The lowest BCUT2D eigenvalue weighted by molar-refractivity contribution is -0.117. The van der Waals surface area contributed by atoms with E-state index in [9.17, 15) is 0 Å². The largest absolute Gasteiger partial charge is 0.375 e. The number of nitrogens with two attached hydrogens (primary N) is 1. The van der Waals surface area contributed by atoms with Crippen molar-refractivity contribution in [2.75, 3.05) is 26.2 Å². The van der Waals surface area contributed by atoms with Crippen LogP contribution in [0.15, 0.2) is 24.3 Å². The molecule has 0 spiro atoms. The summed E-state index contributed by atoms with van der Waals surface area (Å²) in [5.74, 6) is 0. The van der Waals surface area contributed by atoms with E-state index in [1.165, 1.54) is 11.1 Å². The summed E-state index contributed by atoms with van der Waals surface area (Å²) in [7, 11) is 0. The van der Waals surface area contributed by atoms with Crippen molar-refractivity contribution in [3.05, 3.63) is 35.4 Å². The number of ether oxygens (including phenoxy) is 1. The van der Waals surface area contributed by atoms with E-state index in [-0.39, 0.29) is 11.1 Å². The second kappa shape index (κ2) is 5.71. The van der Waals surface area contributed by atoms with Gasteiger partial charge in [-0.3, -0.25) is 4.90 Å². The second-order valence-electron chi connectivity index (χ2n) is 7.22. The van der Waals surface area contributed by atoms with Crippen molar-refractivity contribution in [2.45, 2.75) is 50.7 Å². The zero-order valence-electron chi connectivity index (χ0n) is 13.4. The summed E-state index contributed by atoms with van der Waals surface area (Å²) in [6.07, 6.45) is 4.37. The van der Waals surface area contributed by atoms with E-state index in [1.807, 2.05) is 0 Å². The highest BCUT2D eigenvalue weighted by Crippen LogP contribution is 2.36. The Bertz CT molecular complexity index is 473. The first-order valence-electron chi connectivity index (χ1n) is 8.21. The summed E-state index contributed by atoms with van der Waals surface area (Å²) < 4.78 is 5.92. The van der Waals surface area contributed by atoms with Crippen molar-refractivity contribution in [1.29, 1.82) is 0 Å². The number of benzene rings is 1. The van der Waals surface area contributed by atoms with E-state index in [0.29, 0.717) is 0 Å². The van der Waals surface area contributed by atoms with Crippen LogP contribution in [-0.4, -0.2) is 42.3 Å². The van der Waals surface area contributed by atoms with E-state index in [2.05, 4.69) is 43.0 Å². The minimum absolute atomic E-state index is 0.0588. The second-order valence-corrected chi connectivity index (χ2v) is 7.22. The summed E-state index contributed by atoms with van der Waals surface area (Å²) in [6, 6.07) is 8.87. The Labute approximate surface area is 128 Å². The molecule has 1 atom stereocenters. The van der Waals surface area contributed by atoms with Gasteiger partial charge in [0.25, 0.3) is 0 Å². The lowest BCUT2D eigenvalue weighted by Crippen LogP contribution is -2.61. The molecule has 3 rings (SSSR count). The quantitative estimate of drug-likeness (QED) is 0.908. The molecule has 2 N–H and O–H groups in total. The van der Waals surface area contributed by atoms with Crippen LogP contribution in [0.1, 0.15) is 37.8 Å².